The van der Waals surface area contributed by atoms with Crippen molar-refractivity contribution in [1.29, 1.82) is 0 Å². The lowest BCUT2D eigenvalue weighted by atomic mass is 10.1. The lowest BCUT2D eigenvalue weighted by Gasteiger charge is -2.16. The van der Waals surface area contributed by atoms with Crippen LogP contribution in [-0.4, -0.2) is 20.2 Å². The van der Waals surface area contributed by atoms with Gasteiger partial charge in [0, 0.05) is 29.8 Å². The molecule has 2 aromatic heterocycles. The van der Waals surface area contributed by atoms with Crippen molar-refractivity contribution in [2.24, 2.45) is 0 Å². The molecule has 2 heterocycles. The summed E-state index contributed by atoms with van der Waals surface area (Å²) in [7, 11) is 0. The monoisotopic (exact) mass is 349 g/mol. The Morgan fingerprint density at radius 3 is 2.54 bits per heavy atom. The number of hydrogen-bond donors (Lipinski definition) is 4. The van der Waals surface area contributed by atoms with Crippen LogP contribution in [0.2, 0.25) is 0 Å². The van der Waals surface area contributed by atoms with E-state index in [0.717, 1.165) is 5.82 Å². The number of nitrogens with zero attached hydrogens (tertiary/aromatic N) is 3. The van der Waals surface area contributed by atoms with Gasteiger partial charge in [0.2, 0.25) is 5.95 Å². The number of rotatable bonds is 6. The molecule has 0 spiro atoms. The van der Waals surface area contributed by atoms with Gasteiger partial charge in [0.1, 0.15) is 11.6 Å². The van der Waals surface area contributed by atoms with Crippen LogP contribution >= 0.6 is 0 Å². The molecule has 5 N–H and O–H groups in total. The van der Waals surface area contributed by atoms with E-state index in [9.17, 15) is 0 Å². The number of aromatic amines is 1. The Morgan fingerprint density at radius 2 is 1.81 bits per heavy atom. The number of nitrogens with two attached hydrogens (primary N) is 1. The van der Waals surface area contributed by atoms with Crippen LogP contribution in [0.4, 0.5) is 23.4 Å². The van der Waals surface area contributed by atoms with Gasteiger partial charge in [-0.2, -0.15) is 15.1 Å². The van der Waals surface area contributed by atoms with E-state index in [1.54, 1.807) is 0 Å². The van der Waals surface area contributed by atoms with E-state index in [1.165, 1.54) is 29.7 Å². The van der Waals surface area contributed by atoms with Crippen molar-refractivity contribution in [2.75, 3.05) is 16.4 Å². The van der Waals surface area contributed by atoms with Gasteiger partial charge in [-0.1, -0.05) is 29.8 Å². The molecule has 26 heavy (non-hydrogen) atoms. The molecule has 0 aliphatic heterocycles. The van der Waals surface area contributed by atoms with E-state index in [2.05, 4.69) is 68.9 Å². The fraction of sp³-hybridized carbons (Fsp3) is 0.316. The normalized spacial score (nSPS) is 14.8. The van der Waals surface area contributed by atoms with Crippen LogP contribution in [0.3, 0.4) is 0 Å². The third-order valence-electron chi connectivity index (χ3n) is 4.56. The smallest absolute Gasteiger partial charge is 0.223 e. The molecule has 3 aromatic rings. The highest BCUT2D eigenvalue weighted by atomic mass is 15.2. The van der Waals surface area contributed by atoms with Crippen molar-refractivity contribution in [1.82, 2.24) is 20.2 Å². The van der Waals surface area contributed by atoms with Crippen molar-refractivity contribution in [3.8, 4) is 0 Å². The third kappa shape index (κ3) is 3.77. The van der Waals surface area contributed by atoms with Crippen LogP contribution in [0.15, 0.2) is 36.4 Å². The van der Waals surface area contributed by atoms with Gasteiger partial charge in [-0.3, -0.25) is 5.10 Å². The van der Waals surface area contributed by atoms with Crippen molar-refractivity contribution in [3.63, 3.8) is 0 Å². The first kappa shape index (κ1) is 16.4. The second kappa shape index (κ2) is 6.67. The molecule has 1 aliphatic carbocycles. The summed E-state index contributed by atoms with van der Waals surface area (Å²) in [6, 6.07) is 12.4. The molecule has 7 nitrogen and oxygen atoms in total. The van der Waals surface area contributed by atoms with E-state index in [0.29, 0.717) is 17.6 Å². The number of aryl methyl sites for hydroxylation is 1. The van der Waals surface area contributed by atoms with Crippen molar-refractivity contribution < 1.29 is 0 Å². The number of aromatic nitrogens is 4. The summed E-state index contributed by atoms with van der Waals surface area (Å²) in [4.78, 5) is 8.54. The molecule has 1 aromatic carbocycles. The van der Waals surface area contributed by atoms with Gasteiger partial charge in [-0.05, 0) is 32.3 Å². The van der Waals surface area contributed by atoms with Crippen LogP contribution < -0.4 is 16.4 Å². The topological polar surface area (TPSA) is 105 Å². The molecule has 1 atom stereocenters. The van der Waals surface area contributed by atoms with Crippen molar-refractivity contribution >= 4 is 23.4 Å². The fourth-order valence-electron chi connectivity index (χ4n) is 2.90. The van der Waals surface area contributed by atoms with E-state index in [4.69, 9.17) is 5.73 Å². The first-order valence-electron chi connectivity index (χ1n) is 8.87. The minimum absolute atomic E-state index is 0.101. The van der Waals surface area contributed by atoms with Gasteiger partial charge in [0.25, 0.3) is 0 Å². The van der Waals surface area contributed by atoms with Crippen LogP contribution in [0.25, 0.3) is 0 Å². The van der Waals surface area contributed by atoms with Gasteiger partial charge in [-0.15, -0.1) is 0 Å². The van der Waals surface area contributed by atoms with Gasteiger partial charge >= 0.3 is 0 Å². The summed E-state index contributed by atoms with van der Waals surface area (Å²) < 4.78 is 0. The largest absolute Gasteiger partial charge is 0.368 e. The second-order valence-electron chi connectivity index (χ2n) is 6.88. The minimum Gasteiger partial charge on any atom is -0.368 e. The summed E-state index contributed by atoms with van der Waals surface area (Å²) in [5.74, 6) is 2.87. The zero-order valence-corrected chi connectivity index (χ0v) is 15.0. The number of anilines is 4. The summed E-state index contributed by atoms with van der Waals surface area (Å²) in [6.07, 6.45) is 2.46. The quantitative estimate of drug-likeness (QED) is 0.538. The third-order valence-corrected chi connectivity index (χ3v) is 4.56. The molecule has 1 unspecified atom stereocenters. The highest BCUT2D eigenvalue weighted by Gasteiger charge is 2.25. The van der Waals surface area contributed by atoms with Crippen LogP contribution in [0, 0.1) is 6.92 Å². The Kier molecular flexibility index (Phi) is 4.20. The maximum absolute atomic E-state index is 5.88. The first-order valence-corrected chi connectivity index (χ1v) is 8.87. The molecule has 0 saturated heterocycles. The zero-order chi connectivity index (χ0) is 18.1. The standard InChI is InChI=1S/C19H23N7/c1-11-3-5-13(6-4-11)12(2)21-16-10-17(24-19(20)23-16)22-18-9-15(25-26-18)14-7-8-14/h3-6,9-10,12,14H,7-8H2,1-2H3,(H5,20,21,22,23,24,25,26). The van der Waals surface area contributed by atoms with Crippen LogP contribution in [0.1, 0.15) is 48.5 Å². The highest BCUT2D eigenvalue weighted by molar-refractivity contribution is 5.59. The summed E-state index contributed by atoms with van der Waals surface area (Å²) in [5, 5.41) is 13.9. The summed E-state index contributed by atoms with van der Waals surface area (Å²) >= 11 is 0. The number of H-pyrrole nitrogens is 1. The molecule has 7 heteroatoms. The van der Waals surface area contributed by atoms with E-state index >= 15 is 0 Å². The maximum atomic E-state index is 5.88. The van der Waals surface area contributed by atoms with Gasteiger partial charge in [-0.25, -0.2) is 0 Å². The Hall–Kier alpha value is -3.09. The van der Waals surface area contributed by atoms with E-state index in [1.807, 2.05) is 12.1 Å². The van der Waals surface area contributed by atoms with Gasteiger partial charge in [0.05, 0.1) is 0 Å². The molecule has 0 amide bonds. The molecule has 0 radical (unpaired) electrons. The van der Waals surface area contributed by atoms with Crippen LogP contribution in [0.5, 0.6) is 0 Å². The number of nitrogens with one attached hydrogen (secondary N) is 3. The predicted molar refractivity (Wildman–Crippen MR) is 104 cm³/mol. The van der Waals surface area contributed by atoms with E-state index in [-0.39, 0.29) is 12.0 Å². The Labute approximate surface area is 152 Å². The number of benzene rings is 1. The fourth-order valence-corrected chi connectivity index (χ4v) is 2.90. The Balaban J connectivity index is 1.48. The number of nitrogen functional groups attached to an aromatic ring is 1. The van der Waals surface area contributed by atoms with Crippen molar-refractivity contribution in [3.05, 3.63) is 53.2 Å². The Morgan fingerprint density at radius 1 is 1.08 bits per heavy atom. The molecule has 134 valence electrons. The SMILES string of the molecule is Cc1ccc(C(C)Nc2cc(Nc3cc(C4CC4)[nH]n3)nc(N)n2)cc1. The van der Waals surface area contributed by atoms with Crippen LogP contribution in [-0.2, 0) is 0 Å². The maximum Gasteiger partial charge on any atom is 0.223 e. The van der Waals surface area contributed by atoms with Crippen molar-refractivity contribution in [2.45, 2.75) is 38.6 Å². The summed E-state index contributed by atoms with van der Waals surface area (Å²) in [5.41, 5.74) is 9.47. The highest BCUT2D eigenvalue weighted by Crippen LogP contribution is 2.39. The Bertz CT molecular complexity index is 897. The lowest BCUT2D eigenvalue weighted by Crippen LogP contribution is -2.10. The first-order chi connectivity index (χ1) is 12.6. The average molecular weight is 349 g/mol. The molecular weight excluding hydrogens is 326 g/mol. The molecule has 4 rings (SSSR count). The van der Waals surface area contributed by atoms with E-state index < -0.39 is 0 Å². The number of hydrogen-bond acceptors (Lipinski definition) is 6. The lowest BCUT2D eigenvalue weighted by molar-refractivity contribution is 0.872. The molecule has 1 fully saturated rings. The average Bonchev–Trinajstić information content (AvgIpc) is 3.35. The zero-order valence-electron chi connectivity index (χ0n) is 15.0. The molecule has 1 saturated carbocycles. The predicted octanol–water partition coefficient (Wildman–Crippen LogP) is 3.88. The molecule has 1 aliphatic rings. The second-order valence-corrected chi connectivity index (χ2v) is 6.88. The summed E-state index contributed by atoms with van der Waals surface area (Å²) in [6.45, 7) is 4.17. The van der Waals surface area contributed by atoms with Gasteiger partial charge < -0.3 is 16.4 Å². The minimum atomic E-state index is 0.101. The van der Waals surface area contributed by atoms with Gasteiger partial charge in [0.15, 0.2) is 5.82 Å². The molecular formula is C19H23N7. The molecule has 0 bridgehead atoms.